The second kappa shape index (κ2) is 9.91. The van der Waals surface area contributed by atoms with E-state index in [9.17, 15) is 18.0 Å². The van der Waals surface area contributed by atoms with Gasteiger partial charge in [0.25, 0.3) is 0 Å². The van der Waals surface area contributed by atoms with Gasteiger partial charge < -0.3 is 14.8 Å². The number of hydrogen-bond acceptors (Lipinski definition) is 6. The Bertz CT molecular complexity index is 1260. The number of aromatic nitrogens is 4. The highest BCUT2D eigenvalue weighted by Gasteiger charge is 2.31. The van der Waals surface area contributed by atoms with Gasteiger partial charge in [-0.3, -0.25) is 9.47 Å². The van der Waals surface area contributed by atoms with Crippen molar-refractivity contribution in [2.45, 2.75) is 11.5 Å². The van der Waals surface area contributed by atoms with Crippen molar-refractivity contribution >= 4 is 23.4 Å². The summed E-state index contributed by atoms with van der Waals surface area (Å²) in [6.45, 7) is 0. The van der Waals surface area contributed by atoms with Gasteiger partial charge in [-0.05, 0) is 48.5 Å². The fraction of sp³-hybridized carbons (Fsp3) is 0.136. The van der Waals surface area contributed by atoms with Gasteiger partial charge >= 0.3 is 6.36 Å². The Morgan fingerprint density at radius 2 is 1.76 bits per heavy atom. The number of rotatable bonds is 8. The summed E-state index contributed by atoms with van der Waals surface area (Å²) < 4.78 is 49.5. The second-order valence-corrected chi connectivity index (χ2v) is 7.76. The first-order valence-electron chi connectivity index (χ1n) is 9.84. The molecule has 0 fully saturated rings. The second-order valence-electron chi connectivity index (χ2n) is 6.82. The number of methoxy groups -OCH3 is 1. The summed E-state index contributed by atoms with van der Waals surface area (Å²) in [5.74, 6) is 0.487. The third-order valence-corrected chi connectivity index (χ3v) is 5.38. The van der Waals surface area contributed by atoms with E-state index in [4.69, 9.17) is 4.74 Å². The van der Waals surface area contributed by atoms with Crippen molar-refractivity contribution in [2.24, 2.45) is 0 Å². The van der Waals surface area contributed by atoms with E-state index < -0.39 is 6.36 Å². The van der Waals surface area contributed by atoms with E-state index in [2.05, 4.69) is 20.3 Å². The van der Waals surface area contributed by atoms with E-state index in [1.54, 1.807) is 16.5 Å². The molecule has 8 nitrogen and oxygen atoms in total. The number of alkyl halides is 3. The lowest BCUT2D eigenvalue weighted by Crippen LogP contribution is -2.17. The molecule has 0 aliphatic carbocycles. The Hall–Kier alpha value is -3.93. The van der Waals surface area contributed by atoms with Crippen LogP contribution in [0.5, 0.6) is 11.5 Å². The number of ether oxygens (including phenoxy) is 2. The highest BCUT2D eigenvalue weighted by molar-refractivity contribution is 7.99. The maximum atomic E-state index is 12.4. The van der Waals surface area contributed by atoms with Crippen LogP contribution in [0, 0.1) is 0 Å². The van der Waals surface area contributed by atoms with Crippen molar-refractivity contribution < 1.29 is 27.4 Å². The maximum absolute atomic E-state index is 12.4. The molecule has 0 bridgehead atoms. The van der Waals surface area contributed by atoms with E-state index in [0.29, 0.717) is 22.4 Å². The van der Waals surface area contributed by atoms with Crippen LogP contribution < -0.4 is 14.8 Å². The zero-order chi connectivity index (χ0) is 24.1. The van der Waals surface area contributed by atoms with Gasteiger partial charge in [0.2, 0.25) is 11.1 Å². The van der Waals surface area contributed by atoms with Gasteiger partial charge in [-0.1, -0.05) is 23.9 Å². The van der Waals surface area contributed by atoms with Crippen LogP contribution >= 0.6 is 11.8 Å². The molecule has 0 saturated heterocycles. The van der Waals surface area contributed by atoms with Gasteiger partial charge in [0.05, 0.1) is 12.9 Å². The molecule has 0 aliphatic rings. The van der Waals surface area contributed by atoms with Crippen LogP contribution in [-0.2, 0) is 4.79 Å². The number of carbonyl (C=O) groups excluding carboxylic acids is 1. The van der Waals surface area contributed by atoms with E-state index in [1.807, 2.05) is 48.8 Å². The topological polar surface area (TPSA) is 83.2 Å². The molecule has 176 valence electrons. The molecule has 2 aromatic carbocycles. The van der Waals surface area contributed by atoms with Crippen LogP contribution in [-0.4, -0.2) is 44.7 Å². The average Bonchev–Trinajstić information content (AvgIpc) is 3.48. The first kappa shape index (κ1) is 23.2. The van der Waals surface area contributed by atoms with Crippen molar-refractivity contribution in [1.82, 2.24) is 19.5 Å². The van der Waals surface area contributed by atoms with Crippen LogP contribution in [0.3, 0.4) is 0 Å². The predicted molar refractivity (Wildman–Crippen MR) is 120 cm³/mol. The maximum Gasteiger partial charge on any atom is 0.573 e. The SMILES string of the molecule is COc1cccc(-c2nnc(SCC(=O)Nc3ccc(OC(F)(F)F)cc3)n2-n2cccc2)c1. The fourth-order valence-corrected chi connectivity index (χ4v) is 3.77. The molecule has 0 unspecified atom stereocenters. The largest absolute Gasteiger partial charge is 0.573 e. The highest BCUT2D eigenvalue weighted by Crippen LogP contribution is 2.27. The molecule has 0 spiro atoms. The van der Waals surface area contributed by atoms with Crippen molar-refractivity contribution in [3.05, 3.63) is 73.1 Å². The van der Waals surface area contributed by atoms with Crippen LogP contribution in [0.15, 0.2) is 78.2 Å². The summed E-state index contributed by atoms with van der Waals surface area (Å²) >= 11 is 1.16. The zero-order valence-corrected chi connectivity index (χ0v) is 18.5. The standard InChI is InChI=1S/C22H18F3N5O3S/c1-32-18-6-4-5-15(13-18)20-27-28-21(30(20)29-11-2-3-12-29)34-14-19(31)26-16-7-9-17(10-8-16)33-22(23,24)25/h2-13H,14H2,1H3,(H,26,31). The Kier molecular flexibility index (Phi) is 6.77. The molecule has 1 amide bonds. The van der Waals surface area contributed by atoms with Gasteiger partial charge in [-0.25, -0.2) is 4.68 Å². The van der Waals surface area contributed by atoms with Crippen LogP contribution in [0.1, 0.15) is 0 Å². The van der Waals surface area contributed by atoms with E-state index in [-0.39, 0.29) is 17.4 Å². The third kappa shape index (κ3) is 5.70. The average molecular weight is 489 g/mol. The van der Waals surface area contributed by atoms with Crippen molar-refractivity contribution in [3.8, 4) is 22.9 Å². The van der Waals surface area contributed by atoms with Crippen LogP contribution in [0.4, 0.5) is 18.9 Å². The number of nitrogens with one attached hydrogen (secondary N) is 1. The van der Waals surface area contributed by atoms with Crippen molar-refractivity contribution in [3.63, 3.8) is 0 Å². The van der Waals surface area contributed by atoms with Gasteiger partial charge in [-0.2, -0.15) is 0 Å². The summed E-state index contributed by atoms with van der Waals surface area (Å²) in [4.78, 5) is 12.4. The van der Waals surface area contributed by atoms with E-state index in [1.165, 1.54) is 12.1 Å². The minimum atomic E-state index is -4.78. The summed E-state index contributed by atoms with van der Waals surface area (Å²) in [6, 6.07) is 16.0. The number of thioether (sulfide) groups is 1. The van der Waals surface area contributed by atoms with Gasteiger partial charge in [0.1, 0.15) is 11.5 Å². The number of amides is 1. The number of benzene rings is 2. The lowest BCUT2D eigenvalue weighted by molar-refractivity contribution is -0.274. The summed E-state index contributed by atoms with van der Waals surface area (Å²) in [5.41, 5.74) is 1.11. The molecule has 0 aliphatic heterocycles. The molecule has 34 heavy (non-hydrogen) atoms. The van der Waals surface area contributed by atoms with Gasteiger partial charge in [-0.15, -0.1) is 23.4 Å². The first-order chi connectivity index (χ1) is 16.3. The number of nitrogens with zero attached hydrogens (tertiary/aromatic N) is 4. The molecule has 0 saturated carbocycles. The number of halogens is 3. The Balaban J connectivity index is 1.47. The monoisotopic (exact) mass is 489 g/mol. The van der Waals surface area contributed by atoms with Gasteiger partial charge in [0, 0.05) is 23.6 Å². The quantitative estimate of drug-likeness (QED) is 0.362. The molecule has 1 N–H and O–H groups in total. The molecule has 4 rings (SSSR count). The Labute approximate surface area is 196 Å². The van der Waals surface area contributed by atoms with Gasteiger partial charge in [0.15, 0.2) is 5.82 Å². The van der Waals surface area contributed by atoms with Crippen molar-refractivity contribution in [2.75, 3.05) is 18.2 Å². The first-order valence-corrected chi connectivity index (χ1v) is 10.8. The normalized spacial score (nSPS) is 11.3. The molecule has 0 atom stereocenters. The minimum Gasteiger partial charge on any atom is -0.497 e. The number of anilines is 1. The van der Waals surface area contributed by atoms with Crippen LogP contribution in [0.2, 0.25) is 0 Å². The lowest BCUT2D eigenvalue weighted by atomic mass is 10.2. The summed E-state index contributed by atoms with van der Waals surface area (Å²) in [7, 11) is 1.58. The zero-order valence-electron chi connectivity index (χ0n) is 17.7. The number of hydrogen-bond donors (Lipinski definition) is 1. The van der Waals surface area contributed by atoms with E-state index >= 15 is 0 Å². The predicted octanol–water partition coefficient (Wildman–Crippen LogP) is 4.70. The molecule has 0 radical (unpaired) electrons. The smallest absolute Gasteiger partial charge is 0.497 e. The summed E-state index contributed by atoms with van der Waals surface area (Å²) in [6.07, 6.45) is -1.13. The van der Waals surface area contributed by atoms with E-state index in [0.717, 1.165) is 29.5 Å². The fourth-order valence-electron chi connectivity index (χ4n) is 3.03. The molecule has 2 aromatic heterocycles. The lowest BCUT2D eigenvalue weighted by Gasteiger charge is -2.12. The molecule has 4 aromatic rings. The number of carbonyl (C=O) groups is 1. The summed E-state index contributed by atoms with van der Waals surface area (Å²) in [5, 5.41) is 11.6. The Morgan fingerprint density at radius 1 is 1.03 bits per heavy atom. The molecular weight excluding hydrogens is 471 g/mol. The third-order valence-electron chi connectivity index (χ3n) is 4.46. The molecule has 12 heteroatoms. The van der Waals surface area contributed by atoms with Crippen molar-refractivity contribution in [1.29, 1.82) is 0 Å². The molecular formula is C22H18F3N5O3S. The highest BCUT2D eigenvalue weighted by atomic mass is 32.2. The Morgan fingerprint density at radius 3 is 2.44 bits per heavy atom. The molecule has 2 heterocycles. The minimum absolute atomic E-state index is 0.00167. The van der Waals surface area contributed by atoms with Crippen LogP contribution in [0.25, 0.3) is 11.4 Å².